The lowest BCUT2D eigenvalue weighted by Crippen LogP contribution is -2.47. The molecule has 0 saturated carbocycles. The molecule has 0 bridgehead atoms. The van der Waals surface area contributed by atoms with Gasteiger partial charge in [-0.25, -0.2) is 0 Å². The molecule has 0 N–H and O–H groups in total. The molecule has 1 saturated heterocycles. The van der Waals surface area contributed by atoms with Crippen molar-refractivity contribution in [3.05, 3.63) is 70.6 Å². The molecule has 29 heavy (non-hydrogen) atoms. The van der Waals surface area contributed by atoms with Gasteiger partial charge in [0, 0.05) is 32.7 Å². The first-order chi connectivity index (χ1) is 14.2. The summed E-state index contributed by atoms with van der Waals surface area (Å²) in [4.78, 5) is 22.0. The molecule has 0 unspecified atom stereocenters. The molecule has 5 nitrogen and oxygen atoms in total. The van der Waals surface area contributed by atoms with Gasteiger partial charge in [-0.1, -0.05) is 42.5 Å². The Morgan fingerprint density at radius 1 is 1.03 bits per heavy atom. The zero-order valence-electron chi connectivity index (χ0n) is 16.6. The van der Waals surface area contributed by atoms with Gasteiger partial charge >= 0.3 is 0 Å². The van der Waals surface area contributed by atoms with Crippen LogP contribution >= 0.6 is 11.8 Å². The lowest BCUT2D eigenvalue weighted by atomic mass is 10.2. The van der Waals surface area contributed by atoms with Gasteiger partial charge in [0.2, 0.25) is 0 Å². The summed E-state index contributed by atoms with van der Waals surface area (Å²) < 4.78 is 5.47. The smallest absolute Gasteiger partial charge is 0.286 e. The van der Waals surface area contributed by atoms with E-state index < -0.39 is 0 Å². The quantitative estimate of drug-likeness (QED) is 0.704. The van der Waals surface area contributed by atoms with Crippen LogP contribution in [0.2, 0.25) is 0 Å². The number of benzene rings is 2. The molecule has 6 heteroatoms. The van der Waals surface area contributed by atoms with Crippen molar-refractivity contribution in [3.8, 4) is 5.75 Å². The van der Waals surface area contributed by atoms with Crippen LogP contribution < -0.4 is 4.74 Å². The Bertz CT molecular complexity index is 901. The van der Waals surface area contributed by atoms with Gasteiger partial charge in [-0.15, -0.1) is 0 Å². The number of piperazine rings is 1. The number of ether oxygens (including phenoxy) is 1. The van der Waals surface area contributed by atoms with Crippen LogP contribution in [-0.4, -0.2) is 53.7 Å². The number of thioether (sulfide) groups is 1. The van der Waals surface area contributed by atoms with E-state index in [0.29, 0.717) is 11.5 Å². The minimum Gasteiger partial charge on any atom is -0.494 e. The fraction of sp³-hybridized carbons (Fsp3) is 0.304. The Morgan fingerprint density at radius 3 is 2.45 bits per heavy atom. The number of hydrogen-bond donors (Lipinski definition) is 0. The van der Waals surface area contributed by atoms with Crippen LogP contribution in [0.1, 0.15) is 18.1 Å². The number of amides is 1. The molecule has 0 radical (unpaired) electrons. The second-order valence-corrected chi connectivity index (χ2v) is 8.07. The summed E-state index contributed by atoms with van der Waals surface area (Å²) in [6, 6.07) is 18.3. The molecule has 2 aliphatic heterocycles. The first kappa shape index (κ1) is 19.7. The van der Waals surface area contributed by atoms with Crippen molar-refractivity contribution >= 4 is 28.9 Å². The summed E-state index contributed by atoms with van der Waals surface area (Å²) in [5.74, 6) is 0.691. The number of aliphatic imine (C=N–C) groups is 1. The summed E-state index contributed by atoms with van der Waals surface area (Å²) in [5.41, 5.74) is 2.32. The van der Waals surface area contributed by atoms with Gasteiger partial charge in [-0.3, -0.25) is 9.69 Å². The molecule has 150 valence electrons. The van der Waals surface area contributed by atoms with Gasteiger partial charge < -0.3 is 9.64 Å². The monoisotopic (exact) mass is 407 g/mol. The van der Waals surface area contributed by atoms with Crippen LogP contribution in [0.25, 0.3) is 6.08 Å². The predicted octanol–water partition coefficient (Wildman–Crippen LogP) is 3.87. The zero-order valence-corrected chi connectivity index (χ0v) is 17.4. The van der Waals surface area contributed by atoms with E-state index in [0.717, 1.165) is 49.2 Å². The molecule has 0 aromatic heterocycles. The predicted molar refractivity (Wildman–Crippen MR) is 119 cm³/mol. The highest BCUT2D eigenvalue weighted by atomic mass is 32.2. The molecule has 0 atom stereocenters. The maximum Gasteiger partial charge on any atom is 0.286 e. The summed E-state index contributed by atoms with van der Waals surface area (Å²) >= 11 is 1.48. The van der Waals surface area contributed by atoms with Crippen molar-refractivity contribution < 1.29 is 9.53 Å². The topological polar surface area (TPSA) is 45.1 Å². The highest BCUT2D eigenvalue weighted by Gasteiger charge is 2.28. The molecule has 2 heterocycles. The fourth-order valence-electron chi connectivity index (χ4n) is 3.45. The fourth-order valence-corrected chi connectivity index (χ4v) is 4.42. The molecule has 0 spiro atoms. The maximum atomic E-state index is 12.4. The molecular weight excluding hydrogens is 382 g/mol. The van der Waals surface area contributed by atoms with Crippen molar-refractivity contribution in [1.82, 2.24) is 9.80 Å². The van der Waals surface area contributed by atoms with E-state index in [-0.39, 0.29) is 5.91 Å². The maximum absolute atomic E-state index is 12.4. The average Bonchev–Trinajstić information content (AvgIpc) is 3.11. The van der Waals surface area contributed by atoms with Gasteiger partial charge in [0.1, 0.15) is 5.75 Å². The van der Waals surface area contributed by atoms with Crippen molar-refractivity contribution in [3.63, 3.8) is 0 Å². The van der Waals surface area contributed by atoms with Gasteiger partial charge in [0.05, 0.1) is 11.5 Å². The number of hydrogen-bond acceptors (Lipinski definition) is 5. The minimum absolute atomic E-state index is 0.148. The lowest BCUT2D eigenvalue weighted by Gasteiger charge is -2.35. The Labute approximate surface area is 176 Å². The molecule has 0 aliphatic carbocycles. The third-order valence-electron chi connectivity index (χ3n) is 4.99. The van der Waals surface area contributed by atoms with Crippen LogP contribution in [0, 0.1) is 0 Å². The number of carbonyl (C=O) groups is 1. The van der Waals surface area contributed by atoms with E-state index in [1.165, 1.54) is 17.3 Å². The number of carbonyl (C=O) groups excluding carboxylic acids is 1. The second kappa shape index (κ2) is 9.29. The van der Waals surface area contributed by atoms with Gasteiger partial charge in [0.15, 0.2) is 5.17 Å². The van der Waals surface area contributed by atoms with Crippen molar-refractivity contribution in [2.24, 2.45) is 4.99 Å². The van der Waals surface area contributed by atoms with E-state index in [4.69, 9.17) is 4.74 Å². The largest absolute Gasteiger partial charge is 0.494 e. The molecule has 2 aliphatic rings. The van der Waals surface area contributed by atoms with Crippen LogP contribution in [0.3, 0.4) is 0 Å². The van der Waals surface area contributed by atoms with E-state index in [1.54, 1.807) is 0 Å². The number of rotatable bonds is 5. The first-order valence-corrected chi connectivity index (χ1v) is 10.8. The standard InChI is InChI=1S/C23H25N3O2S/c1-2-28-20-10-8-18(9-11-20)16-21-22(27)24-23(29-21)26-14-12-25(13-15-26)17-19-6-4-3-5-7-19/h3-11,16H,2,12-15,17H2,1H3. The molecule has 2 aromatic rings. The SMILES string of the molecule is CCOc1ccc(C=C2SC(N3CCN(Cc4ccccc4)CC3)=NC2=O)cc1. The van der Waals surface area contributed by atoms with Crippen molar-refractivity contribution in [2.45, 2.75) is 13.5 Å². The third-order valence-corrected chi connectivity index (χ3v) is 6.03. The van der Waals surface area contributed by atoms with Gasteiger partial charge in [-0.05, 0) is 48.0 Å². The van der Waals surface area contributed by atoms with Crippen LogP contribution in [0.15, 0.2) is 64.5 Å². The summed E-state index contributed by atoms with van der Waals surface area (Å²) in [6.45, 7) is 7.30. The molecule has 4 rings (SSSR count). The van der Waals surface area contributed by atoms with E-state index in [2.05, 4.69) is 39.1 Å². The summed E-state index contributed by atoms with van der Waals surface area (Å²) in [6.07, 6.45) is 1.91. The zero-order chi connectivity index (χ0) is 20.1. The molecule has 2 aromatic carbocycles. The molecular formula is C23H25N3O2S. The average molecular weight is 408 g/mol. The minimum atomic E-state index is -0.148. The summed E-state index contributed by atoms with van der Waals surface area (Å²) in [5, 5.41) is 0.826. The first-order valence-electron chi connectivity index (χ1n) is 9.98. The van der Waals surface area contributed by atoms with Gasteiger partial charge in [-0.2, -0.15) is 4.99 Å². The Hall–Kier alpha value is -2.57. The number of nitrogens with zero attached hydrogens (tertiary/aromatic N) is 3. The molecule has 1 fully saturated rings. The molecule has 1 amide bonds. The normalized spacial score (nSPS) is 18.9. The van der Waals surface area contributed by atoms with Crippen molar-refractivity contribution in [2.75, 3.05) is 32.8 Å². The Morgan fingerprint density at radius 2 is 1.76 bits per heavy atom. The van der Waals surface area contributed by atoms with Crippen LogP contribution in [0.4, 0.5) is 0 Å². The van der Waals surface area contributed by atoms with Crippen LogP contribution in [0.5, 0.6) is 5.75 Å². The van der Waals surface area contributed by atoms with Gasteiger partial charge in [0.25, 0.3) is 5.91 Å². The lowest BCUT2D eigenvalue weighted by molar-refractivity contribution is -0.113. The second-order valence-electron chi connectivity index (χ2n) is 7.06. The Balaban J connectivity index is 1.33. The van der Waals surface area contributed by atoms with E-state index >= 15 is 0 Å². The highest BCUT2D eigenvalue weighted by molar-refractivity contribution is 8.18. The van der Waals surface area contributed by atoms with E-state index in [9.17, 15) is 4.79 Å². The van der Waals surface area contributed by atoms with E-state index in [1.807, 2.05) is 43.3 Å². The van der Waals surface area contributed by atoms with Crippen LogP contribution in [-0.2, 0) is 11.3 Å². The Kier molecular flexibility index (Phi) is 6.32. The highest BCUT2D eigenvalue weighted by Crippen LogP contribution is 2.31. The number of amidine groups is 1. The van der Waals surface area contributed by atoms with Crippen molar-refractivity contribution in [1.29, 1.82) is 0 Å². The summed E-state index contributed by atoms with van der Waals surface area (Å²) in [7, 11) is 0. The third kappa shape index (κ3) is 5.08.